The summed E-state index contributed by atoms with van der Waals surface area (Å²) in [4.78, 5) is 15.1. The number of carbonyl (C=O) groups excluding carboxylic acids is 1. The Bertz CT molecular complexity index is 1050. The van der Waals surface area contributed by atoms with Gasteiger partial charge in [-0.3, -0.25) is 14.0 Å². The van der Waals surface area contributed by atoms with Crippen LogP contribution in [0.3, 0.4) is 0 Å². The zero-order valence-electron chi connectivity index (χ0n) is 19.5. The van der Waals surface area contributed by atoms with E-state index in [2.05, 4.69) is 22.3 Å². The summed E-state index contributed by atoms with van der Waals surface area (Å²) in [6, 6.07) is 12.9. The minimum atomic E-state index is -3.69. The fourth-order valence-electron chi connectivity index (χ4n) is 3.98. The number of ether oxygens (including phenoxy) is 2. The van der Waals surface area contributed by atoms with Crippen molar-refractivity contribution in [2.75, 3.05) is 44.4 Å². The first kappa shape index (κ1) is 24.9. The summed E-state index contributed by atoms with van der Waals surface area (Å²) in [7, 11) is -0.721. The van der Waals surface area contributed by atoms with Crippen LogP contribution in [0.2, 0.25) is 0 Å². The smallest absolute Gasteiger partial charge is 0.241 e. The lowest BCUT2D eigenvalue weighted by atomic mass is 10.1. The summed E-state index contributed by atoms with van der Waals surface area (Å²) in [5, 5.41) is 2.84. The van der Waals surface area contributed by atoms with Gasteiger partial charge in [-0.2, -0.15) is 0 Å². The molecule has 0 bridgehead atoms. The molecule has 1 amide bonds. The summed E-state index contributed by atoms with van der Waals surface area (Å²) in [5.41, 5.74) is 2.52. The SMILES string of the molecule is COc1ccc(N(CC(=O)NCc2cccc(CN3CCCCC3)c2)S(C)(=O)=O)cc1OC. The van der Waals surface area contributed by atoms with Gasteiger partial charge < -0.3 is 14.8 Å². The number of nitrogens with zero attached hydrogens (tertiary/aromatic N) is 2. The Morgan fingerprint density at radius 1 is 1.00 bits per heavy atom. The average molecular weight is 476 g/mol. The molecule has 2 aromatic carbocycles. The Morgan fingerprint density at radius 2 is 1.70 bits per heavy atom. The van der Waals surface area contributed by atoms with Gasteiger partial charge in [-0.15, -0.1) is 0 Å². The Hall–Kier alpha value is -2.78. The van der Waals surface area contributed by atoms with Crippen LogP contribution in [0.25, 0.3) is 0 Å². The highest BCUT2D eigenvalue weighted by Gasteiger charge is 2.22. The van der Waals surface area contributed by atoms with Gasteiger partial charge in [0.2, 0.25) is 15.9 Å². The van der Waals surface area contributed by atoms with Crippen LogP contribution in [0, 0.1) is 0 Å². The van der Waals surface area contributed by atoms with E-state index in [1.807, 2.05) is 12.1 Å². The number of benzene rings is 2. The van der Waals surface area contributed by atoms with Crippen molar-refractivity contribution in [3.63, 3.8) is 0 Å². The summed E-state index contributed by atoms with van der Waals surface area (Å²) >= 11 is 0. The summed E-state index contributed by atoms with van der Waals surface area (Å²) in [5.74, 6) is 0.467. The van der Waals surface area contributed by atoms with Gasteiger partial charge in [0.15, 0.2) is 11.5 Å². The van der Waals surface area contributed by atoms with Gasteiger partial charge in [-0.25, -0.2) is 8.42 Å². The number of likely N-dealkylation sites (tertiary alicyclic amines) is 1. The molecule has 0 atom stereocenters. The maximum absolute atomic E-state index is 12.6. The predicted octanol–water partition coefficient (Wildman–Crippen LogP) is 2.77. The molecule has 1 saturated heterocycles. The van der Waals surface area contributed by atoms with Crippen molar-refractivity contribution in [2.24, 2.45) is 0 Å². The van der Waals surface area contributed by atoms with Crippen molar-refractivity contribution in [1.29, 1.82) is 0 Å². The van der Waals surface area contributed by atoms with E-state index in [9.17, 15) is 13.2 Å². The molecule has 1 aliphatic rings. The maximum Gasteiger partial charge on any atom is 0.241 e. The maximum atomic E-state index is 12.6. The molecular formula is C24H33N3O5S. The highest BCUT2D eigenvalue weighted by Crippen LogP contribution is 2.32. The van der Waals surface area contributed by atoms with Crippen molar-refractivity contribution in [3.8, 4) is 11.5 Å². The van der Waals surface area contributed by atoms with E-state index in [4.69, 9.17) is 9.47 Å². The van der Waals surface area contributed by atoms with Gasteiger partial charge in [0.1, 0.15) is 6.54 Å². The first-order valence-electron chi connectivity index (χ1n) is 11.1. The van der Waals surface area contributed by atoms with Gasteiger partial charge in [-0.05, 0) is 49.2 Å². The number of carbonyl (C=O) groups is 1. The third kappa shape index (κ3) is 7.10. The Morgan fingerprint density at radius 3 is 2.36 bits per heavy atom. The van der Waals surface area contributed by atoms with Gasteiger partial charge in [0.25, 0.3) is 0 Å². The number of nitrogens with one attached hydrogen (secondary N) is 1. The number of sulfonamides is 1. The zero-order valence-corrected chi connectivity index (χ0v) is 20.4. The van der Waals surface area contributed by atoms with E-state index >= 15 is 0 Å². The second kappa shape index (κ2) is 11.4. The quantitative estimate of drug-likeness (QED) is 0.569. The number of hydrogen-bond acceptors (Lipinski definition) is 6. The van der Waals surface area contributed by atoms with Gasteiger partial charge in [-0.1, -0.05) is 30.7 Å². The van der Waals surface area contributed by atoms with Crippen LogP contribution in [0.4, 0.5) is 5.69 Å². The van der Waals surface area contributed by atoms with Crippen LogP contribution in [0.1, 0.15) is 30.4 Å². The highest BCUT2D eigenvalue weighted by molar-refractivity contribution is 7.92. The molecule has 0 unspecified atom stereocenters. The Balaban J connectivity index is 1.64. The van der Waals surface area contributed by atoms with Crippen LogP contribution in [0.15, 0.2) is 42.5 Å². The van der Waals surface area contributed by atoms with Gasteiger partial charge in [0.05, 0.1) is 26.2 Å². The second-order valence-electron chi connectivity index (χ2n) is 8.24. The summed E-state index contributed by atoms with van der Waals surface area (Å²) < 4.78 is 36.3. The largest absolute Gasteiger partial charge is 0.493 e. The van der Waals surface area contributed by atoms with Crippen molar-refractivity contribution in [2.45, 2.75) is 32.4 Å². The molecule has 2 aromatic rings. The molecule has 1 N–H and O–H groups in total. The predicted molar refractivity (Wildman–Crippen MR) is 129 cm³/mol. The molecule has 0 saturated carbocycles. The number of amides is 1. The monoisotopic (exact) mass is 475 g/mol. The first-order chi connectivity index (χ1) is 15.8. The van der Waals surface area contributed by atoms with E-state index in [1.54, 1.807) is 12.1 Å². The molecule has 1 fully saturated rings. The van der Waals surface area contributed by atoms with Crippen LogP contribution in [-0.2, 0) is 27.9 Å². The number of hydrogen-bond donors (Lipinski definition) is 1. The fourth-order valence-corrected chi connectivity index (χ4v) is 4.83. The fraction of sp³-hybridized carbons (Fsp3) is 0.458. The van der Waals surface area contributed by atoms with E-state index < -0.39 is 15.9 Å². The van der Waals surface area contributed by atoms with Crippen LogP contribution in [0.5, 0.6) is 11.5 Å². The lowest BCUT2D eigenvalue weighted by Gasteiger charge is -2.26. The first-order valence-corrected chi connectivity index (χ1v) is 12.9. The Labute approximate surface area is 196 Å². The zero-order chi connectivity index (χ0) is 23.8. The number of rotatable bonds is 10. The molecule has 1 heterocycles. The Kier molecular flexibility index (Phi) is 8.57. The number of piperidine rings is 1. The molecule has 3 rings (SSSR count). The van der Waals surface area contributed by atoms with Crippen molar-refractivity contribution in [1.82, 2.24) is 10.2 Å². The lowest BCUT2D eigenvalue weighted by Crippen LogP contribution is -2.40. The van der Waals surface area contributed by atoms with E-state index in [0.717, 1.165) is 35.8 Å². The molecule has 180 valence electrons. The molecule has 0 radical (unpaired) electrons. The molecule has 0 spiro atoms. The third-order valence-corrected chi connectivity index (χ3v) is 6.82. The summed E-state index contributed by atoms with van der Waals surface area (Å²) in [6.45, 7) is 3.15. The molecule has 1 aliphatic heterocycles. The van der Waals surface area contributed by atoms with Crippen LogP contribution >= 0.6 is 0 Å². The average Bonchev–Trinajstić information content (AvgIpc) is 2.81. The van der Waals surface area contributed by atoms with Crippen molar-refractivity contribution < 1.29 is 22.7 Å². The summed E-state index contributed by atoms with van der Waals surface area (Å²) in [6.07, 6.45) is 4.86. The van der Waals surface area contributed by atoms with Crippen LogP contribution in [-0.4, -0.2) is 59.3 Å². The molecule has 8 nitrogen and oxygen atoms in total. The molecule has 0 aliphatic carbocycles. The van der Waals surface area contributed by atoms with E-state index in [-0.39, 0.29) is 6.54 Å². The van der Waals surface area contributed by atoms with Crippen molar-refractivity contribution >= 4 is 21.6 Å². The second-order valence-corrected chi connectivity index (χ2v) is 10.1. The van der Waals surface area contributed by atoms with E-state index in [1.165, 1.54) is 45.1 Å². The standard InChI is InChI=1S/C24H33N3O5S/c1-31-22-11-10-21(15-23(22)32-2)27(33(3,29)30)18-24(28)25-16-19-8-7-9-20(14-19)17-26-12-5-4-6-13-26/h7-11,14-15H,4-6,12-13,16-18H2,1-3H3,(H,25,28). The van der Waals surface area contributed by atoms with Crippen molar-refractivity contribution in [3.05, 3.63) is 53.6 Å². The highest BCUT2D eigenvalue weighted by atomic mass is 32.2. The molecular weight excluding hydrogens is 442 g/mol. The topological polar surface area (TPSA) is 88.2 Å². The molecule has 0 aromatic heterocycles. The third-order valence-electron chi connectivity index (χ3n) is 5.68. The normalized spacial score (nSPS) is 14.5. The molecule has 33 heavy (non-hydrogen) atoms. The van der Waals surface area contributed by atoms with Crippen LogP contribution < -0.4 is 19.1 Å². The van der Waals surface area contributed by atoms with Gasteiger partial charge >= 0.3 is 0 Å². The number of methoxy groups -OCH3 is 2. The minimum Gasteiger partial charge on any atom is -0.493 e. The van der Waals surface area contributed by atoms with Gasteiger partial charge in [0, 0.05) is 19.2 Å². The minimum absolute atomic E-state index is 0.328. The van der Waals surface area contributed by atoms with E-state index in [0.29, 0.717) is 23.7 Å². The lowest BCUT2D eigenvalue weighted by molar-refractivity contribution is -0.119. The molecule has 9 heteroatoms. The number of anilines is 1.